The van der Waals surface area contributed by atoms with Gasteiger partial charge in [0.05, 0.1) is 0 Å². The van der Waals surface area contributed by atoms with Gasteiger partial charge < -0.3 is 14.8 Å². The van der Waals surface area contributed by atoms with Gasteiger partial charge in [-0.15, -0.1) is 0 Å². The molecule has 0 aliphatic carbocycles. The van der Waals surface area contributed by atoms with Crippen molar-refractivity contribution >= 4 is 5.91 Å². The van der Waals surface area contributed by atoms with Gasteiger partial charge in [0, 0.05) is 19.1 Å². The molecule has 4 nitrogen and oxygen atoms in total. The van der Waals surface area contributed by atoms with Crippen LogP contribution in [-0.2, 0) is 6.42 Å². The molecular formula is C18H23NO3. The van der Waals surface area contributed by atoms with Gasteiger partial charge in [0.25, 0.3) is 5.91 Å². The zero-order valence-electron chi connectivity index (χ0n) is 13.3. The Kier molecular flexibility index (Phi) is 5.39. The first-order valence-corrected chi connectivity index (χ1v) is 7.51. The summed E-state index contributed by atoms with van der Waals surface area (Å²) in [5.74, 6) is 0.827. The van der Waals surface area contributed by atoms with Gasteiger partial charge in [0.1, 0.15) is 5.76 Å². The first-order chi connectivity index (χ1) is 10.5. The topological polar surface area (TPSA) is 62.5 Å². The molecular weight excluding hydrogens is 278 g/mol. The molecule has 1 aromatic heterocycles. The third-order valence-corrected chi connectivity index (χ3v) is 3.84. The fourth-order valence-electron chi connectivity index (χ4n) is 2.27. The predicted molar refractivity (Wildman–Crippen MR) is 86.0 cm³/mol. The van der Waals surface area contributed by atoms with E-state index in [1.165, 1.54) is 5.56 Å². The Morgan fingerprint density at radius 3 is 2.45 bits per heavy atom. The van der Waals surface area contributed by atoms with Crippen LogP contribution in [0.15, 0.2) is 34.7 Å². The van der Waals surface area contributed by atoms with E-state index in [1.54, 1.807) is 6.07 Å². The fraction of sp³-hybridized carbons (Fsp3) is 0.389. The standard InChI is InChI=1S/C18H23NO3/c1-12-4-6-15(7-5-12)9-16(11-20)10-19-18(21)17-8-13(2)14(3)22-17/h4-8,16,20H,9-11H2,1-3H3,(H,19,21). The average molecular weight is 301 g/mol. The molecule has 1 amide bonds. The summed E-state index contributed by atoms with van der Waals surface area (Å²) in [6.45, 7) is 6.23. The van der Waals surface area contributed by atoms with Crippen molar-refractivity contribution < 1.29 is 14.3 Å². The molecule has 0 bridgehead atoms. The molecule has 0 aliphatic heterocycles. The zero-order valence-corrected chi connectivity index (χ0v) is 13.3. The van der Waals surface area contributed by atoms with Crippen LogP contribution in [0.25, 0.3) is 0 Å². The lowest BCUT2D eigenvalue weighted by atomic mass is 9.99. The molecule has 2 N–H and O–H groups in total. The van der Waals surface area contributed by atoms with Gasteiger partial charge in [-0.1, -0.05) is 29.8 Å². The van der Waals surface area contributed by atoms with E-state index >= 15 is 0 Å². The number of hydrogen-bond acceptors (Lipinski definition) is 3. The molecule has 2 aromatic rings. The summed E-state index contributed by atoms with van der Waals surface area (Å²) in [6.07, 6.45) is 0.729. The summed E-state index contributed by atoms with van der Waals surface area (Å²) < 4.78 is 5.40. The summed E-state index contributed by atoms with van der Waals surface area (Å²) in [5.41, 5.74) is 3.33. The van der Waals surface area contributed by atoms with Crippen LogP contribution >= 0.6 is 0 Å². The van der Waals surface area contributed by atoms with E-state index in [-0.39, 0.29) is 18.4 Å². The van der Waals surface area contributed by atoms with Gasteiger partial charge in [0.15, 0.2) is 5.76 Å². The van der Waals surface area contributed by atoms with E-state index in [2.05, 4.69) is 29.6 Å². The molecule has 1 aromatic carbocycles. The Balaban J connectivity index is 1.90. The Bertz CT molecular complexity index is 609. The number of carbonyl (C=O) groups excluding carboxylic acids is 1. The van der Waals surface area contributed by atoms with Crippen molar-refractivity contribution in [2.45, 2.75) is 27.2 Å². The number of aryl methyl sites for hydroxylation is 3. The molecule has 118 valence electrons. The van der Waals surface area contributed by atoms with Crippen LogP contribution in [-0.4, -0.2) is 24.2 Å². The molecule has 0 saturated carbocycles. The first kappa shape index (κ1) is 16.3. The summed E-state index contributed by atoms with van der Waals surface area (Å²) in [6, 6.07) is 9.95. The second-order valence-electron chi connectivity index (χ2n) is 5.80. The Hall–Kier alpha value is -2.07. The normalized spacial score (nSPS) is 12.2. The fourth-order valence-corrected chi connectivity index (χ4v) is 2.27. The molecule has 4 heteroatoms. The number of rotatable bonds is 6. The Labute approximate surface area is 131 Å². The smallest absolute Gasteiger partial charge is 0.287 e. The molecule has 0 fully saturated rings. The summed E-state index contributed by atoms with van der Waals surface area (Å²) >= 11 is 0. The van der Waals surface area contributed by atoms with E-state index in [1.807, 2.05) is 20.8 Å². The predicted octanol–water partition coefficient (Wildman–Crippen LogP) is 2.79. The van der Waals surface area contributed by atoms with E-state index in [4.69, 9.17) is 4.42 Å². The second-order valence-corrected chi connectivity index (χ2v) is 5.80. The molecule has 2 rings (SSSR count). The van der Waals surface area contributed by atoms with Gasteiger partial charge >= 0.3 is 0 Å². The van der Waals surface area contributed by atoms with E-state index < -0.39 is 0 Å². The molecule has 0 radical (unpaired) electrons. The van der Waals surface area contributed by atoms with E-state index in [0.717, 1.165) is 23.3 Å². The largest absolute Gasteiger partial charge is 0.456 e. The van der Waals surface area contributed by atoms with Gasteiger partial charge in [-0.2, -0.15) is 0 Å². The minimum Gasteiger partial charge on any atom is -0.456 e. The second kappa shape index (κ2) is 7.27. The minimum atomic E-state index is -0.237. The van der Waals surface area contributed by atoms with Crippen LogP contribution in [0.2, 0.25) is 0 Å². The number of aliphatic hydroxyl groups is 1. The highest BCUT2D eigenvalue weighted by molar-refractivity contribution is 5.91. The van der Waals surface area contributed by atoms with Crippen molar-refractivity contribution in [3.05, 3.63) is 58.5 Å². The van der Waals surface area contributed by atoms with Crippen LogP contribution in [0.4, 0.5) is 0 Å². The van der Waals surface area contributed by atoms with Gasteiger partial charge in [-0.25, -0.2) is 0 Å². The highest BCUT2D eigenvalue weighted by atomic mass is 16.3. The average Bonchev–Trinajstić information content (AvgIpc) is 2.85. The SMILES string of the molecule is Cc1ccc(CC(CO)CNC(=O)c2cc(C)c(C)o2)cc1. The van der Waals surface area contributed by atoms with Crippen molar-refractivity contribution in [2.24, 2.45) is 5.92 Å². The lowest BCUT2D eigenvalue weighted by Crippen LogP contribution is -2.31. The number of aliphatic hydroxyl groups excluding tert-OH is 1. The first-order valence-electron chi connectivity index (χ1n) is 7.51. The third kappa shape index (κ3) is 4.21. The molecule has 1 atom stereocenters. The molecule has 0 spiro atoms. The summed E-state index contributed by atoms with van der Waals surface area (Å²) in [4.78, 5) is 12.0. The highest BCUT2D eigenvalue weighted by Crippen LogP contribution is 2.13. The van der Waals surface area contributed by atoms with Gasteiger partial charge in [0.2, 0.25) is 0 Å². The van der Waals surface area contributed by atoms with E-state index in [0.29, 0.717) is 12.3 Å². The lowest BCUT2D eigenvalue weighted by molar-refractivity contribution is 0.0911. The summed E-state index contributed by atoms with van der Waals surface area (Å²) in [7, 11) is 0. The number of nitrogens with one attached hydrogen (secondary N) is 1. The molecule has 22 heavy (non-hydrogen) atoms. The van der Waals surface area contributed by atoms with Crippen LogP contribution in [0.1, 0.15) is 33.0 Å². The quantitative estimate of drug-likeness (QED) is 0.862. The number of furan rings is 1. The Morgan fingerprint density at radius 2 is 1.91 bits per heavy atom. The van der Waals surface area contributed by atoms with Crippen molar-refractivity contribution in [2.75, 3.05) is 13.2 Å². The molecule has 1 heterocycles. The van der Waals surface area contributed by atoms with Gasteiger partial charge in [-0.05, 0) is 44.4 Å². The monoisotopic (exact) mass is 301 g/mol. The van der Waals surface area contributed by atoms with Crippen LogP contribution < -0.4 is 5.32 Å². The van der Waals surface area contributed by atoms with Crippen molar-refractivity contribution in [3.63, 3.8) is 0 Å². The number of benzene rings is 1. The van der Waals surface area contributed by atoms with Crippen LogP contribution in [0, 0.1) is 26.7 Å². The van der Waals surface area contributed by atoms with E-state index in [9.17, 15) is 9.90 Å². The minimum absolute atomic E-state index is 0.0104. The zero-order chi connectivity index (χ0) is 16.1. The van der Waals surface area contributed by atoms with Crippen molar-refractivity contribution in [3.8, 4) is 0 Å². The maximum Gasteiger partial charge on any atom is 0.287 e. The maximum atomic E-state index is 12.0. The van der Waals surface area contributed by atoms with Gasteiger partial charge in [-0.3, -0.25) is 4.79 Å². The van der Waals surface area contributed by atoms with Crippen LogP contribution in [0.5, 0.6) is 0 Å². The van der Waals surface area contributed by atoms with Crippen LogP contribution in [0.3, 0.4) is 0 Å². The van der Waals surface area contributed by atoms with Crippen molar-refractivity contribution in [1.82, 2.24) is 5.32 Å². The Morgan fingerprint density at radius 1 is 1.23 bits per heavy atom. The van der Waals surface area contributed by atoms with Crippen molar-refractivity contribution in [1.29, 1.82) is 0 Å². The molecule has 1 unspecified atom stereocenters. The summed E-state index contributed by atoms with van der Waals surface area (Å²) in [5, 5.41) is 12.3. The molecule has 0 aliphatic rings. The number of hydrogen-bond donors (Lipinski definition) is 2. The number of amides is 1. The lowest BCUT2D eigenvalue weighted by Gasteiger charge is -2.15. The maximum absolute atomic E-state index is 12.0. The third-order valence-electron chi connectivity index (χ3n) is 3.84. The highest BCUT2D eigenvalue weighted by Gasteiger charge is 2.15. The number of carbonyl (C=O) groups is 1. The molecule has 0 saturated heterocycles.